The number of carbonyl (C=O) groups excluding carboxylic acids is 1. The van der Waals surface area contributed by atoms with Gasteiger partial charge in [0.15, 0.2) is 0 Å². The first-order chi connectivity index (χ1) is 26.5. The monoisotopic (exact) mass is 802 g/mol. The first kappa shape index (κ1) is 54.2. The fourth-order valence-corrected chi connectivity index (χ4v) is 7.72. The van der Waals surface area contributed by atoms with E-state index < -0.39 is 20.0 Å². The molecule has 3 unspecified atom stereocenters. The van der Waals surface area contributed by atoms with E-state index in [-0.39, 0.29) is 19.1 Å². The molecule has 3 atom stereocenters. The lowest BCUT2D eigenvalue weighted by Crippen LogP contribution is -2.45. The van der Waals surface area contributed by atoms with Gasteiger partial charge in [0, 0.05) is 6.42 Å². The van der Waals surface area contributed by atoms with Crippen molar-refractivity contribution in [3.8, 4) is 0 Å². The highest BCUT2D eigenvalue weighted by Crippen LogP contribution is 2.43. The summed E-state index contributed by atoms with van der Waals surface area (Å²) in [5.74, 6) is -0.175. The van der Waals surface area contributed by atoms with Crippen LogP contribution in [0.1, 0.15) is 226 Å². The quantitative estimate of drug-likeness (QED) is 0.0245. The number of rotatable bonds is 43. The average Bonchev–Trinajstić information content (AvgIpc) is 3.13. The van der Waals surface area contributed by atoms with E-state index in [9.17, 15) is 19.4 Å². The highest BCUT2D eigenvalue weighted by atomic mass is 31.2. The standard InChI is InChI=1S/C46H93N2O6P/c1-6-8-10-12-14-16-18-19-20-21-22-23-24-25-26-27-28-29-30-32-34-36-38-40-46(50)47-44(43-54-55(51,52)53-42-41-48(3,4)5)45(49)39-37-35-33-31-17-15-13-11-9-7-2/h37,39,44-45,49H,6-36,38,40-43H2,1-5H3,(H-,47,50,51,52)/p+1/b39-37+. The Morgan fingerprint density at radius 3 is 1.35 bits per heavy atom. The van der Waals surface area contributed by atoms with Crippen LogP contribution in [0.4, 0.5) is 0 Å². The Bertz CT molecular complexity index is 911. The third kappa shape index (κ3) is 41.2. The third-order valence-corrected chi connectivity index (χ3v) is 11.7. The number of quaternary nitrogens is 1. The molecule has 0 aromatic carbocycles. The minimum atomic E-state index is -4.33. The van der Waals surface area contributed by atoms with E-state index in [1.807, 2.05) is 27.2 Å². The van der Waals surface area contributed by atoms with Crippen LogP contribution < -0.4 is 5.32 Å². The van der Waals surface area contributed by atoms with E-state index in [0.29, 0.717) is 17.4 Å². The normalized spacial score (nSPS) is 14.4. The van der Waals surface area contributed by atoms with Crippen LogP contribution >= 0.6 is 7.82 Å². The molecule has 0 spiro atoms. The Morgan fingerprint density at radius 1 is 0.600 bits per heavy atom. The van der Waals surface area contributed by atoms with Gasteiger partial charge in [-0.05, 0) is 19.3 Å². The van der Waals surface area contributed by atoms with E-state index in [4.69, 9.17) is 9.05 Å². The summed E-state index contributed by atoms with van der Waals surface area (Å²) in [7, 11) is 1.58. The second kappa shape index (κ2) is 38.7. The van der Waals surface area contributed by atoms with Gasteiger partial charge in [0.1, 0.15) is 13.2 Å². The summed E-state index contributed by atoms with van der Waals surface area (Å²) in [5, 5.41) is 13.8. The second-order valence-corrected chi connectivity index (χ2v) is 18.9. The average molecular weight is 802 g/mol. The van der Waals surface area contributed by atoms with Gasteiger partial charge in [-0.3, -0.25) is 13.8 Å². The zero-order valence-electron chi connectivity index (χ0n) is 37.2. The number of nitrogens with one attached hydrogen (secondary N) is 1. The van der Waals surface area contributed by atoms with Crippen LogP contribution in [0.15, 0.2) is 12.2 Å². The molecule has 0 saturated heterocycles. The number of phosphoric ester groups is 1. The number of carbonyl (C=O) groups is 1. The number of nitrogens with zero attached hydrogens (tertiary/aromatic N) is 1. The number of hydrogen-bond donors (Lipinski definition) is 3. The molecule has 328 valence electrons. The predicted octanol–water partition coefficient (Wildman–Crippen LogP) is 13.1. The number of likely N-dealkylation sites (N-methyl/N-ethyl adjacent to an activating group) is 1. The van der Waals surface area contributed by atoms with Crippen LogP contribution in [0.3, 0.4) is 0 Å². The Balaban J connectivity index is 4.16. The van der Waals surface area contributed by atoms with Crippen molar-refractivity contribution in [1.29, 1.82) is 0 Å². The molecular weight excluding hydrogens is 707 g/mol. The van der Waals surface area contributed by atoms with Gasteiger partial charge in [-0.25, -0.2) is 4.57 Å². The summed E-state index contributed by atoms with van der Waals surface area (Å²) in [4.78, 5) is 23.1. The number of amides is 1. The highest BCUT2D eigenvalue weighted by Gasteiger charge is 2.27. The minimum absolute atomic E-state index is 0.0644. The molecule has 55 heavy (non-hydrogen) atoms. The van der Waals surface area contributed by atoms with Gasteiger partial charge in [0.2, 0.25) is 5.91 Å². The highest BCUT2D eigenvalue weighted by molar-refractivity contribution is 7.47. The molecule has 0 fully saturated rings. The van der Waals surface area contributed by atoms with Gasteiger partial charge in [0.25, 0.3) is 0 Å². The maximum Gasteiger partial charge on any atom is 0.472 e. The van der Waals surface area contributed by atoms with Crippen molar-refractivity contribution < 1.29 is 32.9 Å². The first-order valence-corrected chi connectivity index (χ1v) is 25.1. The van der Waals surface area contributed by atoms with Crippen LogP contribution in [-0.2, 0) is 18.4 Å². The van der Waals surface area contributed by atoms with E-state index in [0.717, 1.165) is 38.5 Å². The van der Waals surface area contributed by atoms with Crippen LogP contribution in [0.2, 0.25) is 0 Å². The minimum Gasteiger partial charge on any atom is -0.387 e. The van der Waals surface area contributed by atoms with Crippen molar-refractivity contribution in [2.75, 3.05) is 40.9 Å². The van der Waals surface area contributed by atoms with Crippen LogP contribution in [0, 0.1) is 0 Å². The van der Waals surface area contributed by atoms with Crippen LogP contribution in [0.25, 0.3) is 0 Å². The zero-order chi connectivity index (χ0) is 40.7. The van der Waals surface area contributed by atoms with E-state index in [2.05, 4.69) is 19.2 Å². The molecular formula is C46H94N2O6P+. The summed E-state index contributed by atoms with van der Waals surface area (Å²) in [6.07, 6.45) is 44.4. The number of aliphatic hydroxyl groups excluding tert-OH is 1. The summed E-state index contributed by atoms with van der Waals surface area (Å²) in [6.45, 7) is 4.81. The lowest BCUT2D eigenvalue weighted by Gasteiger charge is -2.25. The first-order valence-electron chi connectivity index (χ1n) is 23.6. The summed E-state index contributed by atoms with van der Waals surface area (Å²) in [6, 6.07) is -0.839. The van der Waals surface area contributed by atoms with Crippen LogP contribution in [0.5, 0.6) is 0 Å². The zero-order valence-corrected chi connectivity index (χ0v) is 38.1. The predicted molar refractivity (Wildman–Crippen MR) is 235 cm³/mol. The molecule has 0 aliphatic rings. The lowest BCUT2D eigenvalue weighted by atomic mass is 10.0. The number of unbranched alkanes of at least 4 members (excludes halogenated alkanes) is 30. The Kier molecular flexibility index (Phi) is 38.2. The molecule has 0 heterocycles. The molecule has 3 N–H and O–H groups in total. The molecule has 0 aliphatic heterocycles. The molecule has 0 aliphatic carbocycles. The smallest absolute Gasteiger partial charge is 0.387 e. The molecule has 0 bridgehead atoms. The van der Waals surface area contributed by atoms with Gasteiger partial charge in [0.05, 0.1) is 39.9 Å². The Hall–Kier alpha value is -0.760. The molecule has 1 amide bonds. The summed E-state index contributed by atoms with van der Waals surface area (Å²) in [5.41, 5.74) is 0. The largest absolute Gasteiger partial charge is 0.472 e. The van der Waals surface area contributed by atoms with Gasteiger partial charge < -0.3 is 19.8 Å². The topological polar surface area (TPSA) is 105 Å². The maximum atomic E-state index is 12.9. The van der Waals surface area contributed by atoms with Gasteiger partial charge >= 0.3 is 7.82 Å². The van der Waals surface area contributed by atoms with Crippen molar-refractivity contribution in [1.82, 2.24) is 5.32 Å². The summed E-state index contributed by atoms with van der Waals surface area (Å²) >= 11 is 0. The van der Waals surface area contributed by atoms with Crippen molar-refractivity contribution in [3.05, 3.63) is 12.2 Å². The van der Waals surface area contributed by atoms with E-state index >= 15 is 0 Å². The van der Waals surface area contributed by atoms with Gasteiger partial charge in [-0.2, -0.15) is 0 Å². The lowest BCUT2D eigenvalue weighted by molar-refractivity contribution is -0.870. The fourth-order valence-electron chi connectivity index (χ4n) is 6.98. The SMILES string of the molecule is CCCCCCCCCC/C=C/C(O)C(COP(=O)(O)OCC[N+](C)(C)C)NC(=O)CCCCCCCCCCCCCCCCCCCCCCCCC. The fraction of sp³-hybridized carbons (Fsp3) is 0.935. The van der Waals surface area contributed by atoms with Crippen molar-refractivity contribution in [3.63, 3.8) is 0 Å². The number of hydrogen-bond acceptors (Lipinski definition) is 5. The van der Waals surface area contributed by atoms with Gasteiger partial charge in [-0.15, -0.1) is 0 Å². The van der Waals surface area contributed by atoms with E-state index in [1.165, 1.54) is 167 Å². The number of allylic oxidation sites excluding steroid dienone is 1. The van der Waals surface area contributed by atoms with Gasteiger partial charge in [-0.1, -0.05) is 212 Å². The molecule has 0 radical (unpaired) electrons. The third-order valence-electron chi connectivity index (χ3n) is 10.8. The van der Waals surface area contributed by atoms with Crippen molar-refractivity contribution in [2.45, 2.75) is 238 Å². The van der Waals surface area contributed by atoms with Crippen LogP contribution in [-0.4, -0.2) is 73.4 Å². The molecule has 0 aromatic rings. The van der Waals surface area contributed by atoms with Crippen molar-refractivity contribution >= 4 is 13.7 Å². The molecule has 9 heteroatoms. The molecule has 0 rings (SSSR count). The second-order valence-electron chi connectivity index (χ2n) is 17.5. The Morgan fingerprint density at radius 2 is 0.964 bits per heavy atom. The summed E-state index contributed by atoms with van der Waals surface area (Å²) < 4.78 is 23.5. The molecule has 0 aromatic heterocycles. The number of phosphoric acid groups is 1. The number of aliphatic hydroxyl groups is 1. The Labute approximate surface area is 342 Å². The maximum absolute atomic E-state index is 12.9. The van der Waals surface area contributed by atoms with E-state index in [1.54, 1.807) is 6.08 Å². The van der Waals surface area contributed by atoms with Crippen molar-refractivity contribution in [2.24, 2.45) is 0 Å². The molecule has 8 nitrogen and oxygen atoms in total. The molecule has 0 saturated carbocycles.